The largest absolute Gasteiger partial charge is 0.447 e. The van der Waals surface area contributed by atoms with Crippen molar-refractivity contribution in [1.29, 1.82) is 0 Å². The van der Waals surface area contributed by atoms with Crippen LogP contribution < -0.4 is 10.6 Å². The van der Waals surface area contributed by atoms with E-state index in [1.807, 2.05) is 24.3 Å². The van der Waals surface area contributed by atoms with E-state index >= 15 is 0 Å². The number of thiazole rings is 1. The first-order chi connectivity index (χ1) is 13.6. The number of esters is 1. The Kier molecular flexibility index (Phi) is 6.62. The molecule has 3 rings (SSSR count). The van der Waals surface area contributed by atoms with Gasteiger partial charge in [-0.05, 0) is 12.1 Å². The molecule has 28 heavy (non-hydrogen) atoms. The van der Waals surface area contributed by atoms with Gasteiger partial charge < -0.3 is 10.1 Å². The quantitative estimate of drug-likeness (QED) is 0.474. The summed E-state index contributed by atoms with van der Waals surface area (Å²) in [7, 11) is 1.39. The third kappa shape index (κ3) is 5.08. The molecular weight excluding hydrogens is 398 g/mol. The molecule has 9 heteroatoms. The molecule has 0 aliphatic rings. The molecule has 7 nitrogen and oxygen atoms in total. The number of hydrogen-bond donors (Lipinski definition) is 2. The fourth-order valence-corrected chi connectivity index (χ4v) is 4.19. The Hall–Kier alpha value is -2.91. The van der Waals surface area contributed by atoms with Crippen LogP contribution in [0.5, 0.6) is 0 Å². The number of benzene rings is 2. The molecule has 1 heterocycles. The molecule has 1 atom stereocenters. The predicted molar refractivity (Wildman–Crippen MR) is 108 cm³/mol. The SMILES string of the molecule is CNC(=O)NC(=O)C(OC(=O)CSc1nc2ccccc2s1)c1ccccc1. The maximum absolute atomic E-state index is 12.4. The molecule has 1 aromatic heterocycles. The highest BCUT2D eigenvalue weighted by Crippen LogP contribution is 2.29. The molecule has 0 aliphatic carbocycles. The molecule has 144 valence electrons. The molecular formula is C19H17N3O4S2. The molecule has 1 unspecified atom stereocenters. The van der Waals surface area contributed by atoms with Crippen molar-refractivity contribution in [2.45, 2.75) is 10.4 Å². The molecule has 0 fully saturated rings. The van der Waals surface area contributed by atoms with E-state index in [9.17, 15) is 14.4 Å². The van der Waals surface area contributed by atoms with Crippen molar-refractivity contribution >= 4 is 51.2 Å². The lowest BCUT2D eigenvalue weighted by molar-refractivity contribution is -0.153. The summed E-state index contributed by atoms with van der Waals surface area (Å²) in [5, 5.41) is 4.43. The molecule has 0 saturated heterocycles. The van der Waals surface area contributed by atoms with Crippen molar-refractivity contribution in [2.75, 3.05) is 12.8 Å². The van der Waals surface area contributed by atoms with Gasteiger partial charge in [-0.1, -0.05) is 54.2 Å². The van der Waals surface area contributed by atoms with Crippen LogP contribution in [0, 0.1) is 0 Å². The molecule has 3 amide bonds. The van der Waals surface area contributed by atoms with Crippen molar-refractivity contribution in [3.05, 3.63) is 60.2 Å². The van der Waals surface area contributed by atoms with E-state index in [-0.39, 0.29) is 5.75 Å². The maximum Gasteiger partial charge on any atom is 0.321 e. The summed E-state index contributed by atoms with van der Waals surface area (Å²) in [4.78, 5) is 40.6. The van der Waals surface area contributed by atoms with Crippen LogP contribution in [0.4, 0.5) is 4.79 Å². The number of fused-ring (bicyclic) bond motifs is 1. The molecule has 0 spiro atoms. The van der Waals surface area contributed by atoms with E-state index in [4.69, 9.17) is 4.74 Å². The van der Waals surface area contributed by atoms with E-state index < -0.39 is 24.0 Å². The standard InChI is InChI=1S/C19H17N3O4S2/c1-20-18(25)22-17(24)16(12-7-3-2-4-8-12)26-15(23)11-27-19-21-13-9-5-6-10-14(13)28-19/h2-10,16H,11H2,1H3,(H2,20,22,24,25). The van der Waals surface area contributed by atoms with Crippen LogP contribution in [0.15, 0.2) is 58.9 Å². The summed E-state index contributed by atoms with van der Waals surface area (Å²) in [6.45, 7) is 0. The first kappa shape index (κ1) is 19.8. The van der Waals surface area contributed by atoms with Crippen LogP contribution in [-0.4, -0.2) is 35.7 Å². The highest BCUT2D eigenvalue weighted by atomic mass is 32.2. The van der Waals surface area contributed by atoms with Crippen LogP contribution in [0.25, 0.3) is 10.2 Å². The van der Waals surface area contributed by atoms with Gasteiger partial charge in [0.1, 0.15) is 0 Å². The Bertz CT molecular complexity index is 958. The number of nitrogens with one attached hydrogen (secondary N) is 2. The fraction of sp³-hybridized carbons (Fsp3) is 0.158. The van der Waals surface area contributed by atoms with Gasteiger partial charge in [0.05, 0.1) is 16.0 Å². The zero-order valence-electron chi connectivity index (χ0n) is 14.9. The Morgan fingerprint density at radius 2 is 1.82 bits per heavy atom. The van der Waals surface area contributed by atoms with Gasteiger partial charge in [-0.3, -0.25) is 14.9 Å². The topological polar surface area (TPSA) is 97.4 Å². The summed E-state index contributed by atoms with van der Waals surface area (Å²) in [5.74, 6) is -1.30. The van der Waals surface area contributed by atoms with Gasteiger partial charge in [0.15, 0.2) is 4.34 Å². The van der Waals surface area contributed by atoms with Crippen molar-refractivity contribution < 1.29 is 19.1 Å². The lowest BCUT2D eigenvalue weighted by atomic mass is 10.1. The number of hydrogen-bond acceptors (Lipinski definition) is 7. The lowest BCUT2D eigenvalue weighted by Crippen LogP contribution is -2.41. The number of aromatic nitrogens is 1. The third-order valence-electron chi connectivity index (χ3n) is 3.64. The number of urea groups is 1. The summed E-state index contributed by atoms with van der Waals surface area (Å²) in [6, 6.07) is 15.6. The molecule has 3 aromatic rings. The van der Waals surface area contributed by atoms with Gasteiger partial charge in [-0.15, -0.1) is 11.3 Å². The van der Waals surface area contributed by atoms with E-state index in [0.29, 0.717) is 5.56 Å². The molecule has 2 N–H and O–H groups in total. The van der Waals surface area contributed by atoms with Crippen molar-refractivity contribution in [3.8, 4) is 0 Å². The van der Waals surface area contributed by atoms with E-state index in [0.717, 1.165) is 14.6 Å². The van der Waals surface area contributed by atoms with Gasteiger partial charge in [0, 0.05) is 12.6 Å². The first-order valence-corrected chi connectivity index (χ1v) is 10.1. The van der Waals surface area contributed by atoms with Gasteiger partial charge in [0.25, 0.3) is 5.91 Å². The number of carbonyl (C=O) groups excluding carboxylic acids is 3. The molecule has 0 radical (unpaired) electrons. The number of imide groups is 1. The number of ether oxygens (including phenoxy) is 1. The number of para-hydroxylation sites is 1. The Balaban J connectivity index is 1.66. The zero-order valence-corrected chi connectivity index (χ0v) is 16.5. The number of amides is 3. The average molecular weight is 415 g/mol. The number of carbonyl (C=O) groups is 3. The predicted octanol–water partition coefficient (Wildman–Crippen LogP) is 3.13. The van der Waals surface area contributed by atoms with Gasteiger partial charge in [-0.25, -0.2) is 9.78 Å². The molecule has 0 saturated carbocycles. The molecule has 0 bridgehead atoms. The van der Waals surface area contributed by atoms with Crippen LogP contribution in [0.1, 0.15) is 11.7 Å². The summed E-state index contributed by atoms with van der Waals surface area (Å²) < 4.78 is 7.14. The highest BCUT2D eigenvalue weighted by Gasteiger charge is 2.26. The highest BCUT2D eigenvalue weighted by molar-refractivity contribution is 8.01. The Labute approximate surface area is 169 Å². The fourth-order valence-electron chi connectivity index (χ4n) is 2.34. The monoisotopic (exact) mass is 415 g/mol. The first-order valence-electron chi connectivity index (χ1n) is 8.32. The minimum absolute atomic E-state index is 0.00356. The minimum atomic E-state index is -1.22. The second kappa shape index (κ2) is 9.34. The van der Waals surface area contributed by atoms with E-state index in [2.05, 4.69) is 15.6 Å². The third-order valence-corrected chi connectivity index (χ3v) is 5.79. The maximum atomic E-state index is 12.4. The van der Waals surface area contributed by atoms with Crippen molar-refractivity contribution in [2.24, 2.45) is 0 Å². The molecule has 2 aromatic carbocycles. The van der Waals surface area contributed by atoms with Crippen LogP contribution in [0.2, 0.25) is 0 Å². The van der Waals surface area contributed by atoms with Gasteiger partial charge in [-0.2, -0.15) is 0 Å². The van der Waals surface area contributed by atoms with Gasteiger partial charge in [0.2, 0.25) is 6.10 Å². The van der Waals surface area contributed by atoms with Crippen LogP contribution in [-0.2, 0) is 14.3 Å². The normalized spacial score (nSPS) is 11.6. The smallest absolute Gasteiger partial charge is 0.321 e. The summed E-state index contributed by atoms with van der Waals surface area (Å²) in [5.41, 5.74) is 1.35. The van der Waals surface area contributed by atoms with E-state index in [1.165, 1.54) is 30.1 Å². The van der Waals surface area contributed by atoms with Crippen LogP contribution >= 0.6 is 23.1 Å². The number of nitrogens with zero attached hydrogens (tertiary/aromatic N) is 1. The number of thioether (sulfide) groups is 1. The Morgan fingerprint density at radius 1 is 1.11 bits per heavy atom. The summed E-state index contributed by atoms with van der Waals surface area (Å²) in [6.07, 6.45) is -1.22. The zero-order chi connectivity index (χ0) is 19.9. The van der Waals surface area contributed by atoms with Crippen LogP contribution in [0.3, 0.4) is 0 Å². The Morgan fingerprint density at radius 3 is 2.54 bits per heavy atom. The second-order valence-electron chi connectivity index (χ2n) is 5.59. The summed E-state index contributed by atoms with van der Waals surface area (Å²) >= 11 is 2.73. The molecule has 0 aliphatic heterocycles. The number of rotatable bonds is 6. The van der Waals surface area contributed by atoms with E-state index in [1.54, 1.807) is 30.3 Å². The second-order valence-corrected chi connectivity index (χ2v) is 7.84. The minimum Gasteiger partial charge on any atom is -0.447 e. The van der Waals surface area contributed by atoms with Crippen molar-refractivity contribution in [3.63, 3.8) is 0 Å². The van der Waals surface area contributed by atoms with Crippen molar-refractivity contribution in [1.82, 2.24) is 15.6 Å². The van der Waals surface area contributed by atoms with Gasteiger partial charge >= 0.3 is 12.0 Å². The average Bonchev–Trinajstić information content (AvgIpc) is 3.14. The lowest BCUT2D eigenvalue weighted by Gasteiger charge is -2.17.